The Kier molecular flexibility index (Phi) is 4.17. The zero-order valence-electron chi connectivity index (χ0n) is 11.7. The van der Waals surface area contributed by atoms with Gasteiger partial charge in [-0.2, -0.15) is 0 Å². The summed E-state index contributed by atoms with van der Waals surface area (Å²) in [7, 11) is -3.60. The normalized spacial score (nSPS) is 11.8. The molecule has 3 N–H and O–H groups in total. The lowest BCUT2D eigenvalue weighted by Crippen LogP contribution is -2.25. The Bertz CT molecular complexity index is 734. The highest BCUT2D eigenvalue weighted by molar-refractivity contribution is 7.89. The van der Waals surface area contributed by atoms with E-state index in [4.69, 9.17) is 5.73 Å². The van der Waals surface area contributed by atoms with Crippen LogP contribution in [0, 0.1) is 20.8 Å². The smallest absolute Gasteiger partial charge is 0.243 e. The van der Waals surface area contributed by atoms with Crippen LogP contribution in [-0.2, 0) is 16.6 Å². The van der Waals surface area contributed by atoms with Crippen molar-refractivity contribution >= 4 is 27.0 Å². The Morgan fingerprint density at radius 3 is 2.35 bits per heavy atom. The van der Waals surface area contributed by atoms with Crippen molar-refractivity contribution in [3.63, 3.8) is 0 Å². The molecule has 0 fully saturated rings. The van der Waals surface area contributed by atoms with Crippen molar-refractivity contribution in [2.75, 3.05) is 5.73 Å². The highest BCUT2D eigenvalue weighted by Gasteiger charge is 2.21. The third kappa shape index (κ3) is 3.03. The van der Waals surface area contributed by atoms with E-state index in [2.05, 4.69) is 4.72 Å². The van der Waals surface area contributed by atoms with E-state index in [1.807, 2.05) is 25.1 Å². The lowest BCUT2D eigenvalue weighted by Gasteiger charge is -2.13. The van der Waals surface area contributed by atoms with Crippen molar-refractivity contribution in [1.29, 1.82) is 0 Å². The van der Waals surface area contributed by atoms with E-state index in [0.717, 1.165) is 15.3 Å². The van der Waals surface area contributed by atoms with Gasteiger partial charge in [-0.15, -0.1) is 11.3 Å². The van der Waals surface area contributed by atoms with Crippen LogP contribution in [-0.4, -0.2) is 8.42 Å². The Hall–Kier alpha value is -1.37. The molecule has 4 nitrogen and oxygen atoms in total. The van der Waals surface area contributed by atoms with Crippen LogP contribution in [0.2, 0.25) is 0 Å². The molecule has 0 bridgehead atoms. The first-order valence-corrected chi connectivity index (χ1v) is 8.52. The molecule has 108 valence electrons. The average Bonchev–Trinajstić information content (AvgIpc) is 2.78. The predicted molar refractivity (Wildman–Crippen MR) is 83.4 cm³/mol. The molecule has 6 heteroatoms. The minimum atomic E-state index is -3.60. The third-order valence-electron chi connectivity index (χ3n) is 3.11. The summed E-state index contributed by atoms with van der Waals surface area (Å²) in [6.45, 7) is 5.83. The van der Waals surface area contributed by atoms with E-state index in [9.17, 15) is 8.42 Å². The molecule has 2 rings (SSSR count). The van der Waals surface area contributed by atoms with Crippen molar-refractivity contribution < 1.29 is 8.42 Å². The van der Waals surface area contributed by atoms with Gasteiger partial charge in [0.05, 0.1) is 5.69 Å². The zero-order chi connectivity index (χ0) is 14.9. The molecule has 0 saturated heterocycles. The van der Waals surface area contributed by atoms with E-state index in [1.165, 1.54) is 0 Å². The number of nitrogens with two attached hydrogens (primary N) is 1. The number of hydrogen-bond acceptors (Lipinski definition) is 4. The largest absolute Gasteiger partial charge is 0.397 e. The Balaban J connectivity index is 2.29. The van der Waals surface area contributed by atoms with Crippen molar-refractivity contribution in [1.82, 2.24) is 4.72 Å². The maximum absolute atomic E-state index is 12.4. The molecule has 0 aliphatic rings. The molecule has 0 aliphatic carbocycles. The van der Waals surface area contributed by atoms with Gasteiger partial charge in [0.25, 0.3) is 0 Å². The van der Waals surface area contributed by atoms with Crippen LogP contribution in [0.15, 0.2) is 29.2 Å². The summed E-state index contributed by atoms with van der Waals surface area (Å²) in [5.41, 5.74) is 7.67. The second-order valence-corrected chi connectivity index (χ2v) is 7.86. The van der Waals surface area contributed by atoms with Gasteiger partial charge >= 0.3 is 0 Å². The van der Waals surface area contributed by atoms with Gasteiger partial charge in [-0.3, -0.25) is 0 Å². The number of nitrogens with one attached hydrogen (secondary N) is 1. The summed E-state index contributed by atoms with van der Waals surface area (Å²) < 4.78 is 27.5. The fourth-order valence-electron chi connectivity index (χ4n) is 1.98. The molecule has 20 heavy (non-hydrogen) atoms. The number of sulfonamides is 1. The van der Waals surface area contributed by atoms with Gasteiger partial charge in [0, 0.05) is 16.3 Å². The second kappa shape index (κ2) is 5.55. The first-order valence-electron chi connectivity index (χ1n) is 6.22. The van der Waals surface area contributed by atoms with E-state index < -0.39 is 10.0 Å². The standard InChI is InChI=1S/C14H18N2O2S2/c1-9-4-5-10(2)14(13(9)15)20(17,18)16-8-12-7-6-11(3)19-12/h4-7,16H,8,15H2,1-3H3. The van der Waals surface area contributed by atoms with Gasteiger partial charge in [-0.05, 0) is 44.0 Å². The maximum Gasteiger partial charge on any atom is 0.243 e. The van der Waals surface area contributed by atoms with Gasteiger partial charge < -0.3 is 5.73 Å². The van der Waals surface area contributed by atoms with Crippen LogP contribution in [0.25, 0.3) is 0 Å². The van der Waals surface area contributed by atoms with Crippen LogP contribution < -0.4 is 10.5 Å². The molecule has 1 aromatic heterocycles. The number of aryl methyl sites for hydroxylation is 3. The summed E-state index contributed by atoms with van der Waals surface area (Å²) >= 11 is 1.58. The summed E-state index contributed by atoms with van der Waals surface area (Å²) in [4.78, 5) is 2.33. The fourth-order valence-corrected chi connectivity index (χ4v) is 4.34. The molecular weight excluding hydrogens is 292 g/mol. The summed E-state index contributed by atoms with van der Waals surface area (Å²) in [6, 6.07) is 7.50. The summed E-state index contributed by atoms with van der Waals surface area (Å²) in [5.74, 6) is 0. The van der Waals surface area contributed by atoms with Gasteiger partial charge in [0.1, 0.15) is 4.90 Å². The van der Waals surface area contributed by atoms with E-state index in [1.54, 1.807) is 31.3 Å². The van der Waals surface area contributed by atoms with E-state index >= 15 is 0 Å². The molecular formula is C14H18N2O2S2. The molecule has 0 radical (unpaired) electrons. The van der Waals surface area contributed by atoms with Gasteiger partial charge in [0.15, 0.2) is 0 Å². The monoisotopic (exact) mass is 310 g/mol. The average molecular weight is 310 g/mol. The number of rotatable bonds is 4. The Morgan fingerprint density at radius 2 is 1.75 bits per heavy atom. The van der Waals surface area contributed by atoms with Crippen molar-refractivity contribution in [2.24, 2.45) is 0 Å². The predicted octanol–water partition coefficient (Wildman–Crippen LogP) is 2.73. The van der Waals surface area contributed by atoms with Crippen molar-refractivity contribution in [3.8, 4) is 0 Å². The Morgan fingerprint density at radius 1 is 1.10 bits per heavy atom. The fraction of sp³-hybridized carbons (Fsp3) is 0.286. The minimum absolute atomic E-state index is 0.186. The Labute approximate surface area is 123 Å². The van der Waals surface area contributed by atoms with Crippen LogP contribution in [0.3, 0.4) is 0 Å². The summed E-state index contributed by atoms with van der Waals surface area (Å²) in [5, 5.41) is 0. The second-order valence-electron chi connectivity index (χ2n) is 4.78. The molecule has 0 amide bonds. The van der Waals surface area contributed by atoms with Crippen molar-refractivity contribution in [2.45, 2.75) is 32.2 Å². The van der Waals surface area contributed by atoms with Gasteiger partial charge in [-0.1, -0.05) is 12.1 Å². The first kappa shape index (κ1) is 15.0. The molecule has 0 unspecified atom stereocenters. The highest BCUT2D eigenvalue weighted by Crippen LogP contribution is 2.26. The van der Waals surface area contributed by atoms with Crippen LogP contribution in [0.5, 0.6) is 0 Å². The molecule has 0 spiro atoms. The lowest BCUT2D eigenvalue weighted by molar-refractivity contribution is 0.581. The number of benzene rings is 1. The quantitative estimate of drug-likeness (QED) is 0.853. The molecule has 0 atom stereocenters. The first-order chi connectivity index (χ1) is 9.31. The lowest BCUT2D eigenvalue weighted by atomic mass is 10.1. The van der Waals surface area contributed by atoms with Gasteiger partial charge in [-0.25, -0.2) is 13.1 Å². The topological polar surface area (TPSA) is 72.2 Å². The SMILES string of the molecule is Cc1ccc(CNS(=O)(=O)c2c(C)ccc(C)c2N)s1. The van der Waals surface area contributed by atoms with E-state index in [0.29, 0.717) is 11.3 Å². The zero-order valence-corrected chi connectivity index (χ0v) is 13.4. The van der Waals surface area contributed by atoms with E-state index in [-0.39, 0.29) is 11.4 Å². The van der Waals surface area contributed by atoms with Crippen LogP contribution in [0.4, 0.5) is 5.69 Å². The number of nitrogen functional groups attached to an aromatic ring is 1. The maximum atomic E-state index is 12.4. The highest BCUT2D eigenvalue weighted by atomic mass is 32.2. The molecule has 0 aliphatic heterocycles. The van der Waals surface area contributed by atoms with Crippen molar-refractivity contribution in [3.05, 3.63) is 45.1 Å². The molecule has 1 aromatic carbocycles. The number of hydrogen-bond donors (Lipinski definition) is 2. The summed E-state index contributed by atoms with van der Waals surface area (Å²) in [6.07, 6.45) is 0. The minimum Gasteiger partial charge on any atom is -0.397 e. The van der Waals surface area contributed by atoms with Crippen LogP contribution in [0.1, 0.15) is 20.9 Å². The third-order valence-corrected chi connectivity index (χ3v) is 5.72. The number of anilines is 1. The number of thiophene rings is 1. The molecule has 0 saturated carbocycles. The molecule has 2 aromatic rings. The van der Waals surface area contributed by atoms with Crippen LogP contribution >= 0.6 is 11.3 Å². The molecule has 1 heterocycles. The van der Waals surface area contributed by atoms with Gasteiger partial charge in [0.2, 0.25) is 10.0 Å².